The van der Waals surface area contributed by atoms with Crippen LogP contribution in [0.5, 0.6) is 0 Å². The van der Waals surface area contributed by atoms with Crippen LogP contribution in [-0.2, 0) is 49.0 Å². The predicted molar refractivity (Wildman–Crippen MR) is 206 cm³/mol. The topological polar surface area (TPSA) is 82.1 Å². The van der Waals surface area contributed by atoms with Crippen molar-refractivity contribution in [3.63, 3.8) is 0 Å². The molecule has 2 aliphatic carbocycles. The highest BCUT2D eigenvalue weighted by Crippen LogP contribution is 2.49. The average Bonchev–Trinajstić information content (AvgIpc) is 4.04. The van der Waals surface area contributed by atoms with Gasteiger partial charge in [0.1, 0.15) is 11.2 Å². The van der Waals surface area contributed by atoms with Crippen LogP contribution in [0.25, 0.3) is 0 Å². The van der Waals surface area contributed by atoms with E-state index in [1.54, 1.807) is 0 Å². The van der Waals surface area contributed by atoms with Crippen molar-refractivity contribution in [1.82, 2.24) is 0 Å². The number of esters is 2. The molecule has 0 radical (unpaired) electrons. The Kier molecular flexibility index (Phi) is 14.6. The fourth-order valence-electron chi connectivity index (χ4n) is 5.56. The van der Waals surface area contributed by atoms with Crippen LogP contribution in [0.3, 0.4) is 0 Å². The molecule has 1 N–H and O–H groups in total. The Hall–Kier alpha value is -3.78. The number of aliphatic hydroxyl groups excluding tert-OH is 1. The van der Waals surface area contributed by atoms with E-state index in [1.165, 1.54) is 16.7 Å². The number of ether oxygens (including phenoxy) is 3. The van der Waals surface area contributed by atoms with Crippen molar-refractivity contribution in [2.24, 2.45) is 11.8 Å². The predicted octanol–water partition coefficient (Wildman–Crippen LogP) is 10.1. The molecule has 6 nitrogen and oxygen atoms in total. The lowest BCUT2D eigenvalue weighted by Crippen LogP contribution is -2.25. The first-order chi connectivity index (χ1) is 24.3. The summed E-state index contributed by atoms with van der Waals surface area (Å²) in [5, 5.41) is 9.93. The Bertz CT molecular complexity index is 1640. The minimum Gasteiger partial charge on any atom is -0.460 e. The fourth-order valence-corrected chi connectivity index (χ4v) is 5.94. The van der Waals surface area contributed by atoms with Crippen LogP contribution in [0.2, 0.25) is 0 Å². The van der Waals surface area contributed by atoms with E-state index in [1.807, 2.05) is 102 Å². The Morgan fingerprint density at radius 2 is 0.961 bits per heavy atom. The molecule has 0 amide bonds. The first-order valence-corrected chi connectivity index (χ1v) is 18.8. The van der Waals surface area contributed by atoms with Crippen molar-refractivity contribution in [3.8, 4) is 0 Å². The smallest absolute Gasteiger partial charge is 0.310 e. The molecule has 0 spiro atoms. The maximum Gasteiger partial charge on any atom is 0.310 e. The van der Waals surface area contributed by atoms with Gasteiger partial charge in [-0.25, -0.2) is 0 Å². The van der Waals surface area contributed by atoms with E-state index >= 15 is 0 Å². The van der Waals surface area contributed by atoms with Crippen LogP contribution >= 0.6 is 15.9 Å². The molecule has 4 atom stereocenters. The molecule has 6 rings (SSSR count). The van der Waals surface area contributed by atoms with Crippen LogP contribution in [0.1, 0.15) is 99.6 Å². The highest BCUT2D eigenvalue weighted by atomic mass is 79.9. The van der Waals surface area contributed by atoms with E-state index in [9.17, 15) is 9.59 Å². The lowest BCUT2D eigenvalue weighted by Gasteiger charge is -2.19. The molecule has 4 aromatic rings. The van der Waals surface area contributed by atoms with Gasteiger partial charge in [0.25, 0.3) is 0 Å². The van der Waals surface area contributed by atoms with Gasteiger partial charge in [-0.1, -0.05) is 125 Å². The van der Waals surface area contributed by atoms with Crippen molar-refractivity contribution in [1.29, 1.82) is 0 Å². The van der Waals surface area contributed by atoms with Gasteiger partial charge in [0, 0.05) is 5.33 Å². The van der Waals surface area contributed by atoms with Crippen molar-refractivity contribution in [2.45, 2.75) is 103 Å². The van der Waals surface area contributed by atoms with Crippen LogP contribution in [0.15, 0.2) is 109 Å². The van der Waals surface area contributed by atoms with Crippen LogP contribution < -0.4 is 0 Å². The van der Waals surface area contributed by atoms with Gasteiger partial charge < -0.3 is 19.3 Å². The van der Waals surface area contributed by atoms with E-state index < -0.39 is 11.2 Å². The minimum atomic E-state index is -0.413. The van der Waals surface area contributed by atoms with Gasteiger partial charge in [0.05, 0.1) is 31.7 Å². The number of halogens is 1. The van der Waals surface area contributed by atoms with Gasteiger partial charge in [0.2, 0.25) is 0 Å². The Morgan fingerprint density at radius 1 is 0.588 bits per heavy atom. The van der Waals surface area contributed by atoms with E-state index in [4.69, 9.17) is 19.3 Å². The van der Waals surface area contributed by atoms with E-state index in [0.29, 0.717) is 19.1 Å². The monoisotopic (exact) mass is 756 g/mol. The minimum absolute atomic E-state index is 0.00389. The van der Waals surface area contributed by atoms with Crippen molar-refractivity contribution < 1.29 is 28.9 Å². The summed E-state index contributed by atoms with van der Waals surface area (Å²) < 4.78 is 16.6. The number of carbonyl (C=O) groups is 2. The maximum atomic E-state index is 12.1. The van der Waals surface area contributed by atoms with Crippen molar-refractivity contribution in [3.05, 3.63) is 143 Å². The third kappa shape index (κ3) is 14.0. The fraction of sp³-hybridized carbons (Fsp3) is 0.409. The molecule has 51 heavy (non-hydrogen) atoms. The summed E-state index contributed by atoms with van der Waals surface area (Å²) in [6.45, 7) is 12.7. The summed E-state index contributed by atoms with van der Waals surface area (Å²) in [6, 6.07) is 36.6. The second-order valence-corrected chi connectivity index (χ2v) is 15.8. The molecule has 2 fully saturated rings. The molecule has 0 aliphatic heterocycles. The second kappa shape index (κ2) is 18.6. The van der Waals surface area contributed by atoms with Crippen LogP contribution in [0.4, 0.5) is 0 Å². The molecule has 0 saturated heterocycles. The van der Waals surface area contributed by atoms with Gasteiger partial charge in [-0.05, 0) is 99.6 Å². The molecular weight excluding hydrogens is 704 g/mol. The van der Waals surface area contributed by atoms with Crippen molar-refractivity contribution >= 4 is 27.9 Å². The molecule has 4 aromatic carbocycles. The molecule has 2 saturated carbocycles. The molecule has 0 unspecified atom stereocenters. The number of alkyl halides is 1. The van der Waals surface area contributed by atoms with Gasteiger partial charge in [-0.3, -0.25) is 9.59 Å². The van der Waals surface area contributed by atoms with Gasteiger partial charge in [-0.2, -0.15) is 0 Å². The summed E-state index contributed by atoms with van der Waals surface area (Å²) in [7, 11) is 0. The summed E-state index contributed by atoms with van der Waals surface area (Å²) in [5.74, 6) is 0.428. The highest BCUT2D eigenvalue weighted by molar-refractivity contribution is 9.08. The Labute approximate surface area is 312 Å². The highest BCUT2D eigenvalue weighted by Gasteiger charge is 2.47. The zero-order valence-electron chi connectivity index (χ0n) is 30.8. The lowest BCUT2D eigenvalue weighted by atomic mass is 10.1. The SMILES string of the molecule is BrCc1ccccc1.CC(C)(C)OC(=O)[C@@H]1C[C@H]1c1ccc(CO)cc1.CC(C)(C)OC(=O)[C@@H]1C[C@H]1c1ccc(COCc2ccccc2)cc1. The molecule has 272 valence electrons. The summed E-state index contributed by atoms with van der Waals surface area (Å²) in [4.78, 5) is 24.0. The lowest BCUT2D eigenvalue weighted by molar-refractivity contribution is -0.157. The molecule has 0 bridgehead atoms. The summed E-state index contributed by atoms with van der Waals surface area (Å²) in [5.41, 5.74) is 6.09. The summed E-state index contributed by atoms with van der Waals surface area (Å²) >= 11 is 3.36. The average molecular weight is 758 g/mol. The second-order valence-electron chi connectivity index (χ2n) is 15.2. The Balaban J connectivity index is 0.000000194. The number of carbonyl (C=O) groups excluding carboxylic acids is 2. The van der Waals surface area contributed by atoms with E-state index in [2.05, 4.69) is 64.5 Å². The van der Waals surface area contributed by atoms with Gasteiger partial charge in [0.15, 0.2) is 0 Å². The number of benzene rings is 4. The third-order valence-corrected chi connectivity index (χ3v) is 9.02. The van der Waals surface area contributed by atoms with Crippen LogP contribution in [0, 0.1) is 11.8 Å². The first-order valence-electron chi connectivity index (χ1n) is 17.7. The standard InChI is InChI=1S/C22H26O3.C15H20O3.C7H7Br/c1-22(2,3)25-21(23)20-13-19(20)18-11-9-17(10-12-18)15-24-14-16-7-5-4-6-8-16;1-15(2,3)18-14(17)13-8-12(13)11-6-4-10(9-16)5-7-11;8-6-7-4-2-1-3-5-7/h4-12,19-20H,13-15H2,1-3H3;4-7,12-13,16H,8-9H2,1-3H3;1-5H,6H2/t19-,20+;12-,13+;/m00./s1. The zero-order chi connectivity index (χ0) is 37.0. The Morgan fingerprint density at radius 3 is 1.31 bits per heavy atom. The number of hydrogen-bond donors (Lipinski definition) is 1. The van der Waals surface area contributed by atoms with Gasteiger partial charge >= 0.3 is 11.9 Å². The zero-order valence-corrected chi connectivity index (χ0v) is 32.4. The quantitative estimate of drug-likeness (QED) is 0.128. The van der Waals surface area contributed by atoms with E-state index in [0.717, 1.165) is 34.9 Å². The van der Waals surface area contributed by atoms with Crippen LogP contribution in [-0.4, -0.2) is 28.2 Å². The maximum absolute atomic E-state index is 12.1. The summed E-state index contributed by atoms with van der Waals surface area (Å²) in [6.07, 6.45) is 1.76. The number of aliphatic hydroxyl groups is 1. The van der Waals surface area contributed by atoms with Gasteiger partial charge in [-0.15, -0.1) is 0 Å². The molecule has 0 aromatic heterocycles. The molecule has 2 aliphatic rings. The number of hydrogen-bond acceptors (Lipinski definition) is 6. The third-order valence-electron chi connectivity index (χ3n) is 8.38. The number of rotatable bonds is 10. The molecular formula is C44H53BrO6. The largest absolute Gasteiger partial charge is 0.460 e. The molecule has 0 heterocycles. The van der Waals surface area contributed by atoms with Crippen molar-refractivity contribution in [2.75, 3.05) is 0 Å². The molecule has 7 heteroatoms. The van der Waals surface area contributed by atoms with E-state index in [-0.39, 0.29) is 36.3 Å². The first kappa shape index (κ1) is 40.0. The normalized spacial score (nSPS) is 19.0.